The average molecular weight is 350 g/mol. The van der Waals surface area contributed by atoms with Gasteiger partial charge in [0, 0.05) is 43.9 Å². The van der Waals surface area contributed by atoms with Gasteiger partial charge in [-0.1, -0.05) is 0 Å². The molecule has 3 aromatic heterocycles. The first-order valence-electron chi connectivity index (χ1n) is 8.45. The summed E-state index contributed by atoms with van der Waals surface area (Å²) < 4.78 is 3.52. The highest BCUT2D eigenvalue weighted by molar-refractivity contribution is 5.93. The molecule has 26 heavy (non-hydrogen) atoms. The molecule has 0 aromatic carbocycles. The van der Waals surface area contributed by atoms with Crippen molar-refractivity contribution in [3.63, 3.8) is 0 Å². The van der Waals surface area contributed by atoms with E-state index >= 15 is 0 Å². The van der Waals surface area contributed by atoms with Gasteiger partial charge >= 0.3 is 0 Å². The minimum Gasteiger partial charge on any atom is -0.331 e. The zero-order valence-electron chi connectivity index (χ0n) is 14.2. The van der Waals surface area contributed by atoms with Crippen LogP contribution in [0.2, 0.25) is 0 Å². The molecular formula is C18H18N6O2. The van der Waals surface area contributed by atoms with E-state index in [1.807, 2.05) is 10.8 Å². The number of rotatable bonds is 3. The maximum atomic E-state index is 12.7. The quantitative estimate of drug-likeness (QED) is 0.701. The number of fused-ring (bicyclic) bond motifs is 1. The summed E-state index contributed by atoms with van der Waals surface area (Å²) in [4.78, 5) is 39.6. The van der Waals surface area contributed by atoms with Crippen molar-refractivity contribution in [1.82, 2.24) is 29.0 Å². The fourth-order valence-electron chi connectivity index (χ4n) is 3.13. The Bertz CT molecular complexity index is 965. The molecule has 0 aliphatic carbocycles. The topological polar surface area (TPSA) is 85.9 Å². The fraction of sp³-hybridized carbons (Fsp3) is 0.278. The molecule has 0 fully saturated rings. The third-order valence-electron chi connectivity index (χ3n) is 4.38. The lowest BCUT2D eigenvalue weighted by Crippen LogP contribution is -2.32. The standard InChI is InChI=1S/C18H18N6O2/c25-17-9-15(11-22-8-5-20-13-22)21-16-12-23(6-2-7-24(16)17)18(26)14-3-1-4-19-10-14/h1,3-5,8-10,13H,2,6-7,11-12H2. The molecule has 8 heteroatoms. The first-order valence-corrected chi connectivity index (χ1v) is 8.45. The van der Waals surface area contributed by atoms with Gasteiger partial charge in [-0.15, -0.1) is 0 Å². The van der Waals surface area contributed by atoms with Crippen LogP contribution in [0, 0.1) is 0 Å². The molecule has 1 amide bonds. The van der Waals surface area contributed by atoms with E-state index in [0.717, 1.165) is 0 Å². The maximum absolute atomic E-state index is 12.7. The molecule has 8 nitrogen and oxygen atoms in total. The van der Waals surface area contributed by atoms with Crippen LogP contribution in [-0.2, 0) is 19.6 Å². The summed E-state index contributed by atoms with van der Waals surface area (Å²) in [7, 11) is 0. The molecule has 0 N–H and O–H groups in total. The van der Waals surface area contributed by atoms with Crippen molar-refractivity contribution < 1.29 is 4.79 Å². The summed E-state index contributed by atoms with van der Waals surface area (Å²) in [5.41, 5.74) is 1.12. The minimum atomic E-state index is -0.0965. The van der Waals surface area contributed by atoms with Gasteiger partial charge < -0.3 is 9.47 Å². The zero-order chi connectivity index (χ0) is 17.9. The van der Waals surface area contributed by atoms with Gasteiger partial charge in [-0.25, -0.2) is 9.97 Å². The number of amides is 1. The predicted octanol–water partition coefficient (Wildman–Crippen LogP) is 0.929. The first kappa shape index (κ1) is 16.2. The maximum Gasteiger partial charge on any atom is 0.255 e. The van der Waals surface area contributed by atoms with Crippen LogP contribution < -0.4 is 5.56 Å². The largest absolute Gasteiger partial charge is 0.331 e. The Morgan fingerprint density at radius 1 is 1.19 bits per heavy atom. The molecular weight excluding hydrogens is 332 g/mol. The first-order chi connectivity index (χ1) is 12.7. The molecule has 1 aliphatic heterocycles. The van der Waals surface area contributed by atoms with E-state index in [-0.39, 0.29) is 11.5 Å². The van der Waals surface area contributed by atoms with Crippen LogP contribution >= 0.6 is 0 Å². The number of imidazole rings is 1. The lowest BCUT2D eigenvalue weighted by molar-refractivity contribution is 0.0743. The lowest BCUT2D eigenvalue weighted by atomic mass is 10.2. The molecule has 0 unspecified atom stereocenters. The monoisotopic (exact) mass is 350 g/mol. The van der Waals surface area contributed by atoms with Gasteiger partial charge in [0.2, 0.25) is 0 Å². The Balaban J connectivity index is 1.63. The van der Waals surface area contributed by atoms with Gasteiger partial charge in [0.05, 0.1) is 30.7 Å². The Morgan fingerprint density at radius 2 is 2.12 bits per heavy atom. The van der Waals surface area contributed by atoms with E-state index in [2.05, 4.69) is 15.0 Å². The second-order valence-electron chi connectivity index (χ2n) is 6.21. The Labute approximate surface area is 149 Å². The van der Waals surface area contributed by atoms with Gasteiger partial charge in [-0.05, 0) is 18.6 Å². The summed E-state index contributed by atoms with van der Waals surface area (Å²) in [5.74, 6) is 0.517. The van der Waals surface area contributed by atoms with E-state index in [1.54, 1.807) is 52.6 Å². The van der Waals surface area contributed by atoms with Crippen molar-refractivity contribution in [3.05, 3.63) is 76.7 Å². The molecule has 0 atom stereocenters. The smallest absolute Gasteiger partial charge is 0.255 e. The zero-order valence-corrected chi connectivity index (χ0v) is 14.2. The molecule has 0 spiro atoms. The normalized spacial score (nSPS) is 13.9. The van der Waals surface area contributed by atoms with E-state index in [0.29, 0.717) is 49.7 Å². The van der Waals surface area contributed by atoms with Crippen LogP contribution in [0.25, 0.3) is 0 Å². The number of nitrogens with zero attached hydrogens (tertiary/aromatic N) is 6. The summed E-state index contributed by atoms with van der Waals surface area (Å²) in [5, 5.41) is 0. The van der Waals surface area contributed by atoms with Gasteiger partial charge in [-0.3, -0.25) is 19.1 Å². The Morgan fingerprint density at radius 3 is 2.88 bits per heavy atom. The highest BCUT2D eigenvalue weighted by atomic mass is 16.2. The lowest BCUT2D eigenvalue weighted by Gasteiger charge is -2.20. The summed E-state index contributed by atoms with van der Waals surface area (Å²) in [6.07, 6.45) is 9.10. The van der Waals surface area contributed by atoms with Crippen molar-refractivity contribution >= 4 is 5.91 Å². The molecule has 0 bridgehead atoms. The van der Waals surface area contributed by atoms with E-state index < -0.39 is 0 Å². The number of carbonyl (C=O) groups is 1. The highest BCUT2D eigenvalue weighted by Gasteiger charge is 2.22. The van der Waals surface area contributed by atoms with E-state index in [9.17, 15) is 9.59 Å². The SMILES string of the molecule is O=C(c1cccnc1)N1CCCn2c(nc(Cn3ccnc3)cc2=O)C1. The number of pyridine rings is 1. The van der Waals surface area contributed by atoms with Crippen molar-refractivity contribution in [1.29, 1.82) is 0 Å². The summed E-state index contributed by atoms with van der Waals surface area (Å²) >= 11 is 0. The molecule has 4 rings (SSSR count). The molecule has 0 saturated carbocycles. The van der Waals surface area contributed by atoms with Crippen molar-refractivity contribution in [2.24, 2.45) is 0 Å². The fourth-order valence-corrected chi connectivity index (χ4v) is 3.13. The summed E-state index contributed by atoms with van der Waals surface area (Å²) in [6, 6.07) is 5.04. The predicted molar refractivity (Wildman–Crippen MR) is 93.4 cm³/mol. The number of hydrogen-bond acceptors (Lipinski definition) is 5. The Kier molecular flexibility index (Phi) is 4.30. The number of carbonyl (C=O) groups excluding carboxylic acids is 1. The van der Waals surface area contributed by atoms with Crippen molar-refractivity contribution in [2.45, 2.75) is 26.1 Å². The van der Waals surface area contributed by atoms with Crippen LogP contribution in [0.1, 0.15) is 28.3 Å². The molecule has 132 valence electrons. The van der Waals surface area contributed by atoms with Crippen LogP contribution in [0.15, 0.2) is 54.1 Å². The van der Waals surface area contributed by atoms with Gasteiger partial charge in [0.25, 0.3) is 11.5 Å². The van der Waals surface area contributed by atoms with E-state index in [1.165, 1.54) is 0 Å². The molecule has 4 heterocycles. The number of hydrogen-bond donors (Lipinski definition) is 0. The van der Waals surface area contributed by atoms with E-state index in [4.69, 9.17) is 0 Å². The second-order valence-corrected chi connectivity index (χ2v) is 6.21. The molecule has 0 radical (unpaired) electrons. The van der Waals surface area contributed by atoms with Crippen LogP contribution in [0.4, 0.5) is 0 Å². The van der Waals surface area contributed by atoms with Crippen LogP contribution in [-0.4, -0.2) is 41.4 Å². The van der Waals surface area contributed by atoms with Gasteiger partial charge in [0.15, 0.2) is 0 Å². The van der Waals surface area contributed by atoms with Gasteiger partial charge in [-0.2, -0.15) is 0 Å². The Hall–Kier alpha value is -3.29. The van der Waals surface area contributed by atoms with Crippen LogP contribution in [0.3, 0.4) is 0 Å². The minimum absolute atomic E-state index is 0.0826. The third-order valence-corrected chi connectivity index (χ3v) is 4.38. The molecule has 1 aliphatic rings. The summed E-state index contributed by atoms with van der Waals surface area (Å²) in [6.45, 7) is 1.91. The second kappa shape index (κ2) is 6.91. The van der Waals surface area contributed by atoms with Crippen molar-refractivity contribution in [2.75, 3.05) is 6.54 Å². The average Bonchev–Trinajstić information content (AvgIpc) is 3.06. The van der Waals surface area contributed by atoms with Gasteiger partial charge in [0.1, 0.15) is 5.82 Å². The highest BCUT2D eigenvalue weighted by Crippen LogP contribution is 2.13. The van der Waals surface area contributed by atoms with Crippen molar-refractivity contribution in [3.8, 4) is 0 Å². The third kappa shape index (κ3) is 3.26. The number of aromatic nitrogens is 5. The van der Waals surface area contributed by atoms with Crippen LogP contribution in [0.5, 0.6) is 0 Å². The molecule has 0 saturated heterocycles. The molecule has 3 aromatic rings.